The molecule has 0 atom stereocenters. The maximum Gasteiger partial charge on any atom is 0.262 e. The van der Waals surface area contributed by atoms with Gasteiger partial charge in [0.2, 0.25) is 11.8 Å². The van der Waals surface area contributed by atoms with E-state index in [4.69, 9.17) is 0 Å². The smallest absolute Gasteiger partial charge is 0.262 e. The number of carbonyl (C=O) groups is 4. The summed E-state index contributed by atoms with van der Waals surface area (Å²) in [6.07, 6.45) is 4.31. The van der Waals surface area contributed by atoms with Gasteiger partial charge >= 0.3 is 0 Å². The number of benzene rings is 3. The van der Waals surface area contributed by atoms with E-state index in [1.54, 1.807) is 38.1 Å². The fraction of sp³-hybridized carbons (Fsp3) is 0.212. The van der Waals surface area contributed by atoms with Crippen LogP contribution in [0.1, 0.15) is 40.1 Å². The van der Waals surface area contributed by atoms with Crippen LogP contribution in [-0.4, -0.2) is 61.6 Å². The number of nitrogens with zero attached hydrogens (tertiary/aromatic N) is 3. The zero-order chi connectivity index (χ0) is 29.6. The van der Waals surface area contributed by atoms with Gasteiger partial charge in [-0.1, -0.05) is 30.3 Å². The second kappa shape index (κ2) is 10.3. The molecule has 6 rings (SSSR count). The maximum atomic E-state index is 13.9. The number of amides is 4. The van der Waals surface area contributed by atoms with Crippen molar-refractivity contribution in [3.05, 3.63) is 102 Å². The van der Waals surface area contributed by atoms with Crippen LogP contribution >= 0.6 is 0 Å². The molecule has 9 nitrogen and oxygen atoms in total. The Labute approximate surface area is 242 Å². The van der Waals surface area contributed by atoms with Gasteiger partial charge in [-0.05, 0) is 68.3 Å². The first-order chi connectivity index (χ1) is 20.1. The van der Waals surface area contributed by atoms with Crippen LogP contribution in [0.5, 0.6) is 0 Å². The average molecular weight is 562 g/mol. The predicted octanol–water partition coefficient (Wildman–Crippen LogP) is 4.74. The Hall–Kier alpha value is -5.18. The van der Waals surface area contributed by atoms with Crippen molar-refractivity contribution in [1.29, 1.82) is 0 Å². The molecule has 212 valence electrons. The summed E-state index contributed by atoms with van der Waals surface area (Å²) >= 11 is 0. The SMILES string of the molecule is Cn1ccc2cc(NC(=O)C(C)(C)N(CCc3c[nH]c4ccccc34)C(=O)CN3C(=O)c4ccccc4C3=O)ccc21. The topological polar surface area (TPSA) is 108 Å². The van der Waals surface area contributed by atoms with Crippen LogP contribution < -0.4 is 5.32 Å². The molecule has 0 saturated carbocycles. The number of hydrogen-bond donors (Lipinski definition) is 2. The van der Waals surface area contributed by atoms with Gasteiger partial charge in [-0.25, -0.2) is 0 Å². The van der Waals surface area contributed by atoms with Gasteiger partial charge in [0.25, 0.3) is 11.8 Å². The van der Waals surface area contributed by atoms with Crippen molar-refractivity contribution in [2.24, 2.45) is 7.05 Å². The molecule has 5 aromatic rings. The van der Waals surface area contributed by atoms with E-state index in [1.165, 1.54) is 4.90 Å². The number of fused-ring (bicyclic) bond motifs is 3. The van der Waals surface area contributed by atoms with Crippen LogP contribution in [0.15, 0.2) is 85.2 Å². The standard InChI is InChI=1S/C33H31N5O4/c1-33(2,32(42)35-23-12-13-28-21(18-23)14-16-36(28)3)38(17-15-22-19-34-27-11-7-6-8-24(22)27)29(39)20-37-30(40)25-9-4-5-10-26(25)31(37)41/h4-14,16,18-19,34H,15,17,20H2,1-3H3,(H,35,42). The molecule has 1 aliphatic heterocycles. The summed E-state index contributed by atoms with van der Waals surface area (Å²) in [5.74, 6) is -1.91. The third-order valence-electron chi connectivity index (χ3n) is 8.13. The lowest BCUT2D eigenvalue weighted by Gasteiger charge is -2.38. The Balaban J connectivity index is 1.27. The summed E-state index contributed by atoms with van der Waals surface area (Å²) in [6, 6.07) is 22.0. The number of aromatic amines is 1. The lowest BCUT2D eigenvalue weighted by atomic mass is 9.99. The van der Waals surface area contributed by atoms with Crippen LogP contribution in [-0.2, 0) is 23.1 Å². The molecule has 0 aliphatic carbocycles. The number of nitrogens with one attached hydrogen (secondary N) is 2. The number of carbonyl (C=O) groups excluding carboxylic acids is 4. The molecule has 2 aromatic heterocycles. The first kappa shape index (κ1) is 27.0. The highest BCUT2D eigenvalue weighted by molar-refractivity contribution is 6.22. The number of para-hydroxylation sites is 1. The van der Waals surface area contributed by atoms with Crippen molar-refractivity contribution in [1.82, 2.24) is 19.4 Å². The van der Waals surface area contributed by atoms with Crippen molar-refractivity contribution in [3.8, 4) is 0 Å². The van der Waals surface area contributed by atoms with Gasteiger partial charge in [0.15, 0.2) is 0 Å². The number of rotatable bonds is 8. The minimum atomic E-state index is -1.31. The molecule has 9 heteroatoms. The zero-order valence-electron chi connectivity index (χ0n) is 23.7. The predicted molar refractivity (Wildman–Crippen MR) is 161 cm³/mol. The van der Waals surface area contributed by atoms with Gasteiger partial charge in [0.1, 0.15) is 12.1 Å². The van der Waals surface area contributed by atoms with E-state index >= 15 is 0 Å². The quantitative estimate of drug-likeness (QED) is 0.267. The van der Waals surface area contributed by atoms with E-state index in [0.29, 0.717) is 12.1 Å². The Kier molecular flexibility index (Phi) is 6.65. The highest BCUT2D eigenvalue weighted by Gasteiger charge is 2.42. The van der Waals surface area contributed by atoms with Crippen molar-refractivity contribution in [2.45, 2.75) is 25.8 Å². The third-order valence-corrected chi connectivity index (χ3v) is 8.13. The highest BCUT2D eigenvalue weighted by atomic mass is 16.2. The molecule has 42 heavy (non-hydrogen) atoms. The third kappa shape index (κ3) is 4.62. The monoisotopic (exact) mass is 561 g/mol. The van der Waals surface area contributed by atoms with Gasteiger partial charge in [-0.3, -0.25) is 24.1 Å². The van der Waals surface area contributed by atoms with E-state index in [-0.39, 0.29) is 23.6 Å². The number of aryl methyl sites for hydroxylation is 1. The Bertz CT molecular complexity index is 1850. The van der Waals surface area contributed by atoms with E-state index in [1.807, 2.05) is 72.5 Å². The first-order valence-corrected chi connectivity index (χ1v) is 13.8. The van der Waals surface area contributed by atoms with Gasteiger partial charge in [-0.15, -0.1) is 0 Å². The fourth-order valence-electron chi connectivity index (χ4n) is 5.66. The molecule has 4 amide bonds. The van der Waals surface area contributed by atoms with E-state index < -0.39 is 29.8 Å². The lowest BCUT2D eigenvalue weighted by molar-refractivity contribution is -0.143. The second-order valence-electron chi connectivity index (χ2n) is 11.1. The average Bonchev–Trinajstić information content (AvgIpc) is 3.64. The van der Waals surface area contributed by atoms with E-state index in [2.05, 4.69) is 10.3 Å². The van der Waals surface area contributed by atoms with Crippen LogP contribution in [0.25, 0.3) is 21.8 Å². The summed E-state index contributed by atoms with van der Waals surface area (Å²) in [5, 5.41) is 4.98. The van der Waals surface area contributed by atoms with Gasteiger partial charge < -0.3 is 19.8 Å². The molecule has 0 saturated heterocycles. The number of imide groups is 1. The molecule has 0 bridgehead atoms. The second-order valence-corrected chi connectivity index (χ2v) is 11.1. The summed E-state index contributed by atoms with van der Waals surface area (Å²) in [7, 11) is 1.95. The molecule has 0 unspecified atom stereocenters. The molecular weight excluding hydrogens is 530 g/mol. The Morgan fingerprint density at radius 1 is 0.929 bits per heavy atom. The Morgan fingerprint density at radius 2 is 1.62 bits per heavy atom. The van der Waals surface area contributed by atoms with Crippen LogP contribution in [0.4, 0.5) is 5.69 Å². The largest absolute Gasteiger partial charge is 0.361 e. The summed E-state index contributed by atoms with van der Waals surface area (Å²) in [6.45, 7) is 3.09. The zero-order valence-corrected chi connectivity index (χ0v) is 23.7. The maximum absolute atomic E-state index is 13.9. The van der Waals surface area contributed by atoms with Crippen molar-refractivity contribution >= 4 is 51.1 Å². The van der Waals surface area contributed by atoms with E-state index in [0.717, 1.165) is 32.3 Å². The van der Waals surface area contributed by atoms with Crippen molar-refractivity contribution < 1.29 is 19.2 Å². The molecule has 3 aromatic carbocycles. The number of hydrogen-bond acceptors (Lipinski definition) is 4. The van der Waals surface area contributed by atoms with Gasteiger partial charge in [0, 0.05) is 53.5 Å². The van der Waals surface area contributed by atoms with Gasteiger partial charge in [0.05, 0.1) is 11.1 Å². The Morgan fingerprint density at radius 3 is 2.36 bits per heavy atom. The normalized spacial score (nSPS) is 13.2. The summed E-state index contributed by atoms with van der Waals surface area (Å²) in [4.78, 5) is 59.5. The first-order valence-electron chi connectivity index (χ1n) is 13.8. The summed E-state index contributed by atoms with van der Waals surface area (Å²) in [5.41, 5.74) is 2.84. The molecule has 0 radical (unpaired) electrons. The minimum absolute atomic E-state index is 0.196. The number of H-pyrrole nitrogens is 1. The van der Waals surface area contributed by atoms with E-state index in [9.17, 15) is 19.2 Å². The fourth-order valence-corrected chi connectivity index (χ4v) is 5.66. The summed E-state index contributed by atoms with van der Waals surface area (Å²) < 4.78 is 2.00. The molecular formula is C33H31N5O4. The van der Waals surface area contributed by atoms with Crippen molar-refractivity contribution in [2.75, 3.05) is 18.4 Å². The van der Waals surface area contributed by atoms with Crippen molar-refractivity contribution in [3.63, 3.8) is 0 Å². The van der Waals surface area contributed by atoms with Crippen LogP contribution in [0.3, 0.4) is 0 Å². The minimum Gasteiger partial charge on any atom is -0.361 e. The molecule has 2 N–H and O–H groups in total. The van der Waals surface area contributed by atoms with Crippen LogP contribution in [0, 0.1) is 0 Å². The van der Waals surface area contributed by atoms with Gasteiger partial charge in [-0.2, -0.15) is 0 Å². The molecule has 3 heterocycles. The molecule has 0 fully saturated rings. The molecule has 0 spiro atoms. The molecule has 1 aliphatic rings. The number of aromatic nitrogens is 2. The lowest BCUT2D eigenvalue weighted by Crippen LogP contribution is -2.58. The number of anilines is 1. The van der Waals surface area contributed by atoms with Crippen LogP contribution in [0.2, 0.25) is 0 Å². The highest BCUT2D eigenvalue weighted by Crippen LogP contribution is 2.26.